The Hall–Kier alpha value is -2.01. The maximum absolute atomic E-state index is 12.5. The Bertz CT molecular complexity index is 722. The molecule has 3 rings (SSSR count). The normalized spacial score (nSPS) is 13.1. The predicted molar refractivity (Wildman–Crippen MR) is 78.2 cm³/mol. The zero-order chi connectivity index (χ0) is 14.1. The highest BCUT2D eigenvalue weighted by Crippen LogP contribution is 2.30. The van der Waals surface area contributed by atoms with E-state index in [2.05, 4.69) is 0 Å². The van der Waals surface area contributed by atoms with Crippen molar-refractivity contribution in [3.63, 3.8) is 0 Å². The van der Waals surface area contributed by atoms with Crippen molar-refractivity contribution in [3.8, 4) is 11.1 Å². The summed E-state index contributed by atoms with van der Waals surface area (Å²) in [7, 11) is 1.35. The van der Waals surface area contributed by atoms with Crippen LogP contribution >= 0.6 is 11.8 Å². The van der Waals surface area contributed by atoms with Gasteiger partial charge in [0.2, 0.25) is 0 Å². The van der Waals surface area contributed by atoms with Gasteiger partial charge in [0.15, 0.2) is 0 Å². The number of methoxy groups -OCH3 is 1. The summed E-state index contributed by atoms with van der Waals surface area (Å²) in [5.74, 6) is 0.401. The van der Waals surface area contributed by atoms with Gasteiger partial charge in [0.25, 0.3) is 5.56 Å². The van der Waals surface area contributed by atoms with Gasteiger partial charge in [0.05, 0.1) is 17.7 Å². The Morgan fingerprint density at radius 2 is 2.05 bits per heavy atom. The molecule has 1 aromatic heterocycles. The van der Waals surface area contributed by atoms with Crippen molar-refractivity contribution < 1.29 is 9.53 Å². The predicted octanol–water partition coefficient (Wildman–Crippen LogP) is 2.41. The number of rotatable bonds is 2. The summed E-state index contributed by atoms with van der Waals surface area (Å²) in [6.45, 7) is 0.628. The van der Waals surface area contributed by atoms with E-state index in [1.165, 1.54) is 18.9 Å². The molecule has 0 saturated heterocycles. The van der Waals surface area contributed by atoms with Crippen LogP contribution in [0.4, 0.5) is 0 Å². The molecule has 0 radical (unpaired) electrons. The van der Waals surface area contributed by atoms with Gasteiger partial charge in [-0.25, -0.2) is 4.79 Å². The van der Waals surface area contributed by atoms with Gasteiger partial charge in [-0.2, -0.15) is 0 Å². The zero-order valence-electron chi connectivity index (χ0n) is 11.0. The molecule has 1 aliphatic heterocycles. The van der Waals surface area contributed by atoms with Gasteiger partial charge < -0.3 is 9.30 Å². The number of pyridine rings is 1. The SMILES string of the molecule is COC(=O)c1cc(-c2ccccc2)c(=O)n2c1SCC2. The Morgan fingerprint density at radius 3 is 2.75 bits per heavy atom. The maximum Gasteiger partial charge on any atom is 0.340 e. The number of esters is 1. The van der Waals surface area contributed by atoms with E-state index in [-0.39, 0.29) is 5.56 Å². The maximum atomic E-state index is 12.5. The van der Waals surface area contributed by atoms with Gasteiger partial charge >= 0.3 is 5.97 Å². The number of fused-ring (bicyclic) bond motifs is 1. The van der Waals surface area contributed by atoms with Crippen molar-refractivity contribution in [3.05, 3.63) is 52.3 Å². The monoisotopic (exact) mass is 287 g/mol. The molecule has 2 aromatic rings. The number of benzene rings is 1. The minimum absolute atomic E-state index is 0.0520. The third kappa shape index (κ3) is 2.04. The van der Waals surface area contributed by atoms with Crippen LogP contribution in [0.2, 0.25) is 0 Å². The Balaban J connectivity index is 2.27. The average molecular weight is 287 g/mol. The second kappa shape index (κ2) is 5.17. The third-order valence-corrected chi connectivity index (χ3v) is 4.38. The fraction of sp³-hybridized carbons (Fsp3) is 0.200. The standard InChI is InChI=1S/C15H13NO3S/c1-19-15(18)12-9-11(10-5-3-2-4-6-10)13(17)16-7-8-20-14(12)16/h2-6,9H,7-8H2,1H3. The van der Waals surface area contributed by atoms with Crippen molar-refractivity contribution in [1.29, 1.82) is 0 Å². The first-order chi connectivity index (χ1) is 9.72. The average Bonchev–Trinajstić information content (AvgIpc) is 2.98. The summed E-state index contributed by atoms with van der Waals surface area (Å²) in [6, 6.07) is 11.0. The molecule has 0 bridgehead atoms. The second-order valence-electron chi connectivity index (χ2n) is 4.44. The Labute approximate surface area is 120 Å². The number of carbonyl (C=O) groups excluding carboxylic acids is 1. The lowest BCUT2D eigenvalue weighted by atomic mass is 10.1. The van der Waals surface area contributed by atoms with Gasteiger partial charge in [-0.15, -0.1) is 11.8 Å². The number of ether oxygens (including phenoxy) is 1. The van der Waals surface area contributed by atoms with E-state index in [0.29, 0.717) is 22.7 Å². The molecule has 2 heterocycles. The van der Waals surface area contributed by atoms with Gasteiger partial charge in [-0.3, -0.25) is 4.79 Å². The third-order valence-electron chi connectivity index (χ3n) is 3.28. The molecule has 0 atom stereocenters. The molecule has 1 aromatic carbocycles. The van der Waals surface area contributed by atoms with E-state index in [4.69, 9.17) is 4.74 Å². The molecule has 0 N–H and O–H groups in total. The summed E-state index contributed by atoms with van der Waals surface area (Å²) in [6.07, 6.45) is 0. The van der Waals surface area contributed by atoms with E-state index in [1.54, 1.807) is 10.6 Å². The lowest BCUT2D eigenvalue weighted by Gasteiger charge is -2.11. The quantitative estimate of drug-likeness (QED) is 0.796. The van der Waals surface area contributed by atoms with Crippen LogP contribution in [0.3, 0.4) is 0 Å². The summed E-state index contributed by atoms with van der Waals surface area (Å²) in [4.78, 5) is 24.4. The largest absolute Gasteiger partial charge is 0.465 e. The van der Waals surface area contributed by atoms with Crippen LogP contribution in [0.1, 0.15) is 10.4 Å². The first-order valence-corrected chi connectivity index (χ1v) is 7.25. The minimum Gasteiger partial charge on any atom is -0.465 e. The highest BCUT2D eigenvalue weighted by molar-refractivity contribution is 7.99. The fourth-order valence-electron chi connectivity index (χ4n) is 2.32. The Morgan fingerprint density at radius 1 is 1.30 bits per heavy atom. The van der Waals surface area contributed by atoms with Gasteiger partial charge in [-0.05, 0) is 11.6 Å². The molecule has 0 amide bonds. The molecule has 0 aliphatic carbocycles. The number of hydrogen-bond donors (Lipinski definition) is 0. The highest BCUT2D eigenvalue weighted by atomic mass is 32.2. The van der Waals surface area contributed by atoms with E-state index in [0.717, 1.165) is 11.3 Å². The summed E-state index contributed by atoms with van der Waals surface area (Å²) >= 11 is 1.52. The van der Waals surface area contributed by atoms with Crippen LogP contribution in [-0.4, -0.2) is 23.4 Å². The smallest absolute Gasteiger partial charge is 0.340 e. The van der Waals surface area contributed by atoms with Crippen molar-refractivity contribution in [2.75, 3.05) is 12.9 Å². The lowest BCUT2D eigenvalue weighted by molar-refractivity contribution is 0.0595. The van der Waals surface area contributed by atoms with E-state index >= 15 is 0 Å². The Kier molecular flexibility index (Phi) is 3.36. The molecule has 0 saturated carbocycles. The minimum atomic E-state index is -0.402. The molecular weight excluding hydrogens is 274 g/mol. The van der Waals surface area contributed by atoms with Crippen molar-refractivity contribution >= 4 is 17.7 Å². The topological polar surface area (TPSA) is 48.3 Å². The molecule has 20 heavy (non-hydrogen) atoms. The lowest BCUT2D eigenvalue weighted by Crippen LogP contribution is -2.23. The first kappa shape index (κ1) is 13.0. The molecule has 0 fully saturated rings. The number of aromatic nitrogens is 1. The summed E-state index contributed by atoms with van der Waals surface area (Å²) in [5.41, 5.74) is 1.77. The van der Waals surface area contributed by atoms with Crippen molar-refractivity contribution in [1.82, 2.24) is 4.57 Å². The molecular formula is C15H13NO3S. The van der Waals surface area contributed by atoms with E-state index < -0.39 is 5.97 Å². The van der Waals surface area contributed by atoms with Crippen molar-refractivity contribution in [2.45, 2.75) is 11.6 Å². The second-order valence-corrected chi connectivity index (χ2v) is 5.52. The summed E-state index contributed by atoms with van der Waals surface area (Å²) in [5, 5.41) is 0.710. The van der Waals surface area contributed by atoms with Crippen LogP contribution in [0.15, 0.2) is 46.2 Å². The zero-order valence-corrected chi connectivity index (χ0v) is 11.8. The number of carbonyl (C=O) groups is 1. The molecule has 102 valence electrons. The number of thioether (sulfide) groups is 1. The van der Waals surface area contributed by atoms with E-state index in [9.17, 15) is 9.59 Å². The fourth-order valence-corrected chi connectivity index (χ4v) is 3.42. The van der Waals surface area contributed by atoms with Crippen LogP contribution in [-0.2, 0) is 11.3 Å². The van der Waals surface area contributed by atoms with Crippen molar-refractivity contribution in [2.24, 2.45) is 0 Å². The van der Waals surface area contributed by atoms with Gasteiger partial charge in [0, 0.05) is 17.9 Å². The van der Waals surface area contributed by atoms with Gasteiger partial charge in [-0.1, -0.05) is 30.3 Å². The van der Waals surface area contributed by atoms with Crippen LogP contribution in [0, 0.1) is 0 Å². The van der Waals surface area contributed by atoms with Gasteiger partial charge in [0.1, 0.15) is 0 Å². The molecule has 1 aliphatic rings. The van der Waals surface area contributed by atoms with E-state index in [1.807, 2.05) is 30.3 Å². The number of nitrogens with zero attached hydrogens (tertiary/aromatic N) is 1. The molecule has 0 spiro atoms. The van der Waals surface area contributed by atoms with Crippen LogP contribution in [0.25, 0.3) is 11.1 Å². The highest BCUT2D eigenvalue weighted by Gasteiger charge is 2.24. The first-order valence-electron chi connectivity index (χ1n) is 6.26. The number of hydrogen-bond acceptors (Lipinski definition) is 4. The van der Waals surface area contributed by atoms with Crippen LogP contribution in [0.5, 0.6) is 0 Å². The van der Waals surface area contributed by atoms with Crippen LogP contribution < -0.4 is 5.56 Å². The molecule has 5 heteroatoms. The molecule has 0 unspecified atom stereocenters. The molecule has 4 nitrogen and oxygen atoms in total. The summed E-state index contributed by atoms with van der Waals surface area (Å²) < 4.78 is 6.49.